The Morgan fingerprint density at radius 2 is 0.960 bits per heavy atom. The molecule has 2 atom stereocenters. The van der Waals surface area contributed by atoms with E-state index in [-0.39, 0.29) is 48.9 Å². The zero-order valence-electron chi connectivity index (χ0n) is 14.0. The zero-order chi connectivity index (χ0) is 18.4. The van der Waals surface area contributed by atoms with Gasteiger partial charge >= 0.3 is 48.9 Å². The van der Waals surface area contributed by atoms with Crippen molar-refractivity contribution in [1.29, 1.82) is 0 Å². The summed E-state index contributed by atoms with van der Waals surface area (Å²) in [7, 11) is 0. The van der Waals surface area contributed by atoms with E-state index in [1.807, 2.05) is 0 Å². The molecular formula is C18H18BaO6. The molecule has 0 aliphatic heterocycles. The molecule has 128 valence electrons. The fourth-order valence-electron chi connectivity index (χ4n) is 1.76. The summed E-state index contributed by atoms with van der Waals surface area (Å²) in [4.78, 5) is 20.9. The van der Waals surface area contributed by atoms with E-state index in [1.165, 1.54) is 38.1 Å². The quantitative estimate of drug-likeness (QED) is 0.551. The van der Waals surface area contributed by atoms with E-state index in [4.69, 9.17) is 0 Å². The molecule has 2 rings (SSSR count). The number of carboxylic acids is 2. The first-order valence-corrected chi connectivity index (χ1v) is 7.09. The number of carbonyl (C=O) groups excluding carboxylic acids is 2. The van der Waals surface area contributed by atoms with Crippen molar-refractivity contribution in [3.05, 3.63) is 71.8 Å². The predicted molar refractivity (Wildman–Crippen MR) is 87.8 cm³/mol. The van der Waals surface area contributed by atoms with Crippen molar-refractivity contribution in [3.63, 3.8) is 0 Å². The van der Waals surface area contributed by atoms with Gasteiger partial charge in [0.15, 0.2) is 0 Å². The average Bonchev–Trinajstić information content (AvgIpc) is 2.56. The van der Waals surface area contributed by atoms with Gasteiger partial charge in [0.05, 0.1) is 11.9 Å². The van der Waals surface area contributed by atoms with Gasteiger partial charge in [0, 0.05) is 0 Å². The number of carboxylic acid groups (broad SMARTS) is 2. The Balaban J connectivity index is 0.000000443. The third-order valence-corrected chi connectivity index (χ3v) is 3.47. The first kappa shape index (κ1) is 23.9. The van der Waals surface area contributed by atoms with Crippen molar-refractivity contribution < 1.29 is 30.0 Å². The fourth-order valence-corrected chi connectivity index (χ4v) is 1.76. The minimum atomic E-state index is -1.90. The molecule has 0 aliphatic rings. The minimum absolute atomic E-state index is 0. The molecule has 0 aliphatic carbocycles. The van der Waals surface area contributed by atoms with Crippen LogP contribution in [-0.4, -0.2) is 71.0 Å². The molecule has 0 amide bonds. The molecule has 0 saturated heterocycles. The van der Waals surface area contributed by atoms with Gasteiger partial charge in [-0.25, -0.2) is 0 Å². The van der Waals surface area contributed by atoms with Crippen LogP contribution in [0.3, 0.4) is 0 Å². The Bertz CT molecular complexity index is 622. The molecule has 2 N–H and O–H groups in total. The summed E-state index contributed by atoms with van der Waals surface area (Å²) in [5.74, 6) is -2.98. The molecule has 0 radical (unpaired) electrons. The summed E-state index contributed by atoms with van der Waals surface area (Å²) in [6.07, 6.45) is 0. The van der Waals surface area contributed by atoms with Crippen LogP contribution < -0.4 is 10.2 Å². The molecule has 0 bridgehead atoms. The molecule has 0 unspecified atom stereocenters. The van der Waals surface area contributed by atoms with Crippen LogP contribution in [0.25, 0.3) is 0 Å². The Kier molecular flexibility index (Phi) is 9.67. The SMILES string of the molecule is C[C@@](O)(C(=O)[O-])c1ccccc1.C[C@@](O)(C(=O)[O-])c1ccccc1.[Ba+2]. The van der Waals surface area contributed by atoms with Crippen LogP contribution in [0.5, 0.6) is 0 Å². The molecule has 0 saturated carbocycles. The van der Waals surface area contributed by atoms with Gasteiger partial charge in [0.25, 0.3) is 0 Å². The second kappa shape index (κ2) is 10.1. The van der Waals surface area contributed by atoms with Gasteiger partial charge < -0.3 is 30.0 Å². The third-order valence-electron chi connectivity index (χ3n) is 3.47. The van der Waals surface area contributed by atoms with Gasteiger partial charge in [-0.15, -0.1) is 0 Å². The molecule has 0 spiro atoms. The topological polar surface area (TPSA) is 121 Å². The van der Waals surface area contributed by atoms with Gasteiger partial charge in [-0.2, -0.15) is 0 Å². The molecule has 0 heterocycles. The number of hydrogen-bond acceptors (Lipinski definition) is 6. The van der Waals surface area contributed by atoms with Crippen LogP contribution in [0, 0.1) is 0 Å². The van der Waals surface area contributed by atoms with Crippen molar-refractivity contribution in [1.82, 2.24) is 0 Å². The molecule has 0 aromatic heterocycles. The largest absolute Gasteiger partial charge is 2.00 e. The van der Waals surface area contributed by atoms with Crippen LogP contribution in [0.2, 0.25) is 0 Å². The third kappa shape index (κ3) is 6.59. The van der Waals surface area contributed by atoms with E-state index >= 15 is 0 Å². The van der Waals surface area contributed by atoms with Crippen molar-refractivity contribution in [2.24, 2.45) is 0 Å². The summed E-state index contributed by atoms with van der Waals surface area (Å²) in [6, 6.07) is 16.3. The summed E-state index contributed by atoms with van der Waals surface area (Å²) in [5.41, 5.74) is -3.15. The monoisotopic (exact) mass is 468 g/mol. The van der Waals surface area contributed by atoms with Gasteiger partial charge in [-0.05, 0) is 25.0 Å². The first-order chi connectivity index (χ1) is 11.1. The van der Waals surface area contributed by atoms with Crippen LogP contribution in [0.4, 0.5) is 0 Å². The first-order valence-electron chi connectivity index (χ1n) is 7.09. The Morgan fingerprint density at radius 3 is 1.16 bits per heavy atom. The van der Waals surface area contributed by atoms with Crippen LogP contribution in [-0.2, 0) is 20.8 Å². The smallest absolute Gasteiger partial charge is 0.547 e. The molecular weight excluding hydrogens is 450 g/mol. The van der Waals surface area contributed by atoms with Crippen molar-refractivity contribution in [2.75, 3.05) is 0 Å². The summed E-state index contributed by atoms with van der Waals surface area (Å²) in [5, 5.41) is 39.7. The average molecular weight is 468 g/mol. The van der Waals surface area contributed by atoms with Gasteiger partial charge in [0.2, 0.25) is 0 Å². The Morgan fingerprint density at radius 1 is 0.720 bits per heavy atom. The number of rotatable bonds is 4. The van der Waals surface area contributed by atoms with Crippen molar-refractivity contribution in [2.45, 2.75) is 25.0 Å². The molecule has 25 heavy (non-hydrogen) atoms. The molecule has 2 aromatic rings. The number of benzene rings is 2. The Hall–Kier alpha value is -1.13. The fraction of sp³-hybridized carbons (Fsp3) is 0.222. The standard InChI is InChI=1S/2C9H10O3.Ba/c2*1-9(12,8(10)11)7-5-3-2-4-6-7;/h2*2-6,12H,1H3,(H,10,11);/q;;+2/p-2/t2*9-;/m00./s1. The van der Waals surface area contributed by atoms with Crippen molar-refractivity contribution in [3.8, 4) is 0 Å². The number of aliphatic hydroxyl groups is 2. The van der Waals surface area contributed by atoms with Crippen LogP contribution in [0.15, 0.2) is 60.7 Å². The predicted octanol–water partition coefficient (Wildman–Crippen LogP) is -1.09. The van der Waals surface area contributed by atoms with E-state index in [0.717, 1.165) is 0 Å². The maximum Gasteiger partial charge on any atom is 2.00 e. The molecule has 6 nitrogen and oxygen atoms in total. The van der Waals surface area contributed by atoms with Gasteiger partial charge in [-0.1, -0.05) is 60.7 Å². The minimum Gasteiger partial charge on any atom is -0.547 e. The molecule has 7 heteroatoms. The number of hydrogen-bond donors (Lipinski definition) is 2. The second-order valence-corrected chi connectivity index (χ2v) is 5.45. The maximum atomic E-state index is 10.5. The van der Waals surface area contributed by atoms with Gasteiger partial charge in [0.1, 0.15) is 11.2 Å². The van der Waals surface area contributed by atoms with E-state index in [2.05, 4.69) is 0 Å². The van der Waals surface area contributed by atoms with E-state index in [9.17, 15) is 30.0 Å². The number of aliphatic carboxylic acids is 2. The normalized spacial score (nSPS) is 14.6. The maximum absolute atomic E-state index is 10.5. The zero-order valence-corrected chi connectivity index (χ0v) is 18.4. The Labute approximate surface area is 186 Å². The van der Waals surface area contributed by atoms with E-state index in [0.29, 0.717) is 11.1 Å². The van der Waals surface area contributed by atoms with Gasteiger partial charge in [-0.3, -0.25) is 0 Å². The van der Waals surface area contributed by atoms with Crippen LogP contribution >= 0.6 is 0 Å². The summed E-state index contributed by atoms with van der Waals surface area (Å²) < 4.78 is 0. The molecule has 2 aromatic carbocycles. The van der Waals surface area contributed by atoms with Crippen LogP contribution in [0.1, 0.15) is 25.0 Å². The number of carbonyl (C=O) groups is 2. The second-order valence-electron chi connectivity index (χ2n) is 5.45. The van der Waals surface area contributed by atoms with E-state index < -0.39 is 23.1 Å². The summed E-state index contributed by atoms with van der Waals surface area (Å²) >= 11 is 0. The summed E-state index contributed by atoms with van der Waals surface area (Å²) in [6.45, 7) is 2.38. The van der Waals surface area contributed by atoms with Crippen molar-refractivity contribution >= 4 is 60.8 Å². The van der Waals surface area contributed by atoms with E-state index in [1.54, 1.807) is 36.4 Å². The molecule has 0 fully saturated rings.